The molecule has 2 amide bonds. The van der Waals surface area contributed by atoms with Crippen molar-refractivity contribution in [2.75, 3.05) is 32.5 Å². The van der Waals surface area contributed by atoms with Crippen molar-refractivity contribution in [2.24, 2.45) is 11.8 Å². The van der Waals surface area contributed by atoms with Gasteiger partial charge in [-0.25, -0.2) is 9.97 Å². The number of hydrogen-bond donors (Lipinski definition) is 2. The third kappa shape index (κ3) is 4.33. The molecule has 194 valence electrons. The van der Waals surface area contributed by atoms with E-state index in [1.54, 1.807) is 43.5 Å². The van der Waals surface area contributed by atoms with E-state index in [-0.39, 0.29) is 35.8 Å². The molecule has 0 unspecified atom stereocenters. The Morgan fingerprint density at radius 3 is 2.41 bits per heavy atom. The number of aliphatic hydroxyl groups excluding tert-OH is 1. The normalized spacial score (nSPS) is 23.5. The number of nitrogens with one attached hydrogen (secondary N) is 1. The zero-order valence-corrected chi connectivity index (χ0v) is 21.3. The Balaban J connectivity index is 1.22. The van der Waals surface area contributed by atoms with Crippen molar-refractivity contribution in [1.82, 2.24) is 29.3 Å². The molecule has 2 aliphatic carbocycles. The monoisotopic (exact) mass is 503 g/mol. The number of likely N-dealkylation sites (tertiary alicyclic amines) is 1. The fraction of sp³-hybridized carbons (Fsp3) is 0.519. The molecule has 0 radical (unpaired) electrons. The van der Waals surface area contributed by atoms with Crippen LogP contribution in [-0.2, 0) is 0 Å². The lowest BCUT2D eigenvalue weighted by Gasteiger charge is -2.35. The molecular formula is C27H33N7O3. The van der Waals surface area contributed by atoms with Gasteiger partial charge in [0.25, 0.3) is 11.8 Å². The minimum absolute atomic E-state index is 0.0439. The first kappa shape index (κ1) is 23.8. The lowest BCUT2D eigenvalue weighted by atomic mass is 9.95. The molecule has 2 N–H and O–H groups in total. The second-order valence-corrected chi connectivity index (χ2v) is 10.9. The second kappa shape index (κ2) is 9.41. The Bertz CT molecular complexity index is 1320. The van der Waals surface area contributed by atoms with Crippen LogP contribution in [0, 0.1) is 11.8 Å². The molecule has 2 saturated carbocycles. The van der Waals surface area contributed by atoms with E-state index in [4.69, 9.17) is 4.98 Å². The number of fused-ring (bicyclic) bond motifs is 3. The van der Waals surface area contributed by atoms with Gasteiger partial charge in [-0.1, -0.05) is 12.8 Å². The number of pyridine rings is 1. The summed E-state index contributed by atoms with van der Waals surface area (Å²) in [6.07, 6.45) is 9.33. The largest absolute Gasteiger partial charge is 0.392 e. The van der Waals surface area contributed by atoms with Gasteiger partial charge >= 0.3 is 0 Å². The Labute approximate surface area is 215 Å². The summed E-state index contributed by atoms with van der Waals surface area (Å²) >= 11 is 0. The molecule has 3 atom stereocenters. The fourth-order valence-corrected chi connectivity index (χ4v) is 6.25. The van der Waals surface area contributed by atoms with Crippen molar-refractivity contribution in [1.29, 1.82) is 0 Å². The number of nitrogens with zero attached hydrogens (tertiary/aromatic N) is 6. The molecule has 10 nitrogen and oxygen atoms in total. The van der Waals surface area contributed by atoms with Crippen molar-refractivity contribution in [2.45, 2.75) is 50.7 Å². The highest BCUT2D eigenvalue weighted by molar-refractivity contribution is 5.98. The van der Waals surface area contributed by atoms with Crippen LogP contribution < -0.4 is 5.32 Å². The molecule has 1 saturated heterocycles. The summed E-state index contributed by atoms with van der Waals surface area (Å²) < 4.78 is 2.08. The van der Waals surface area contributed by atoms with Crippen LogP contribution in [0.4, 0.5) is 11.8 Å². The smallest absolute Gasteiger partial charge is 0.270 e. The minimum atomic E-state index is -0.280. The summed E-state index contributed by atoms with van der Waals surface area (Å²) in [7, 11) is 3.52. The molecule has 3 aliphatic rings. The first-order chi connectivity index (χ1) is 17.9. The van der Waals surface area contributed by atoms with Gasteiger partial charge in [-0.05, 0) is 43.9 Å². The van der Waals surface area contributed by atoms with Crippen LogP contribution in [0.2, 0.25) is 0 Å². The molecule has 0 aromatic carbocycles. The van der Waals surface area contributed by atoms with Crippen LogP contribution in [0.5, 0.6) is 0 Å². The van der Waals surface area contributed by atoms with Crippen LogP contribution in [0.1, 0.15) is 65.4 Å². The van der Waals surface area contributed by atoms with Crippen LogP contribution in [0.15, 0.2) is 30.6 Å². The third-order valence-electron chi connectivity index (χ3n) is 8.21. The maximum Gasteiger partial charge on any atom is 0.270 e. The molecular weight excluding hydrogens is 470 g/mol. The van der Waals surface area contributed by atoms with Crippen LogP contribution >= 0.6 is 0 Å². The Hall–Kier alpha value is -3.53. The van der Waals surface area contributed by atoms with Gasteiger partial charge in [-0.15, -0.1) is 0 Å². The first-order valence-electron chi connectivity index (χ1n) is 13.2. The van der Waals surface area contributed by atoms with Gasteiger partial charge < -0.3 is 24.8 Å². The van der Waals surface area contributed by atoms with Gasteiger partial charge in [-0.2, -0.15) is 4.98 Å². The number of rotatable bonds is 5. The van der Waals surface area contributed by atoms with Crippen molar-refractivity contribution in [3.8, 4) is 0 Å². The van der Waals surface area contributed by atoms with Crippen molar-refractivity contribution < 1.29 is 14.7 Å². The van der Waals surface area contributed by atoms with Gasteiger partial charge in [0.2, 0.25) is 5.95 Å². The average molecular weight is 504 g/mol. The number of carbonyl (C=O) groups excluding carboxylic acids is 2. The van der Waals surface area contributed by atoms with Crippen molar-refractivity contribution in [3.05, 3.63) is 41.9 Å². The molecule has 1 aliphatic heterocycles. The molecule has 2 bridgehead atoms. The van der Waals surface area contributed by atoms with Crippen LogP contribution in [0.25, 0.3) is 11.0 Å². The predicted octanol–water partition coefficient (Wildman–Crippen LogP) is 3.23. The topological polar surface area (TPSA) is 116 Å². The number of aromatic nitrogens is 4. The molecule has 37 heavy (non-hydrogen) atoms. The summed E-state index contributed by atoms with van der Waals surface area (Å²) in [5.41, 5.74) is 1.90. The highest BCUT2D eigenvalue weighted by Crippen LogP contribution is 2.37. The molecule has 3 fully saturated rings. The van der Waals surface area contributed by atoms with Crippen LogP contribution in [0.3, 0.4) is 0 Å². The summed E-state index contributed by atoms with van der Waals surface area (Å²) in [6, 6.07) is 5.64. The quantitative estimate of drug-likeness (QED) is 0.549. The first-order valence-corrected chi connectivity index (χ1v) is 13.2. The average Bonchev–Trinajstić information content (AvgIpc) is 3.59. The maximum absolute atomic E-state index is 13.0. The Morgan fingerprint density at radius 1 is 1.03 bits per heavy atom. The lowest BCUT2D eigenvalue weighted by molar-refractivity contribution is 0.0166. The standard InChI is InChI=1S/C27H33N7O3/c1-32(2)26(37)21-11-19-13-29-27(31-24(19)34(21)20-5-3-4-6-20)30-22-10-9-16(12-28-22)25(36)33-14-17-7-8-18(15-33)23(17)35/h9-13,17-18,20,23,35H,3-8,14-15H2,1-2H3,(H,28,29,30,31)/t17-,18+,23-. The van der Waals surface area contributed by atoms with E-state index in [0.29, 0.717) is 36.1 Å². The van der Waals surface area contributed by atoms with Crippen molar-refractivity contribution in [3.63, 3.8) is 0 Å². The molecule has 6 rings (SSSR count). The summed E-state index contributed by atoms with van der Waals surface area (Å²) in [5, 5.41) is 14.2. The molecule has 0 spiro atoms. The van der Waals surface area contributed by atoms with Gasteiger partial charge in [0.05, 0.1) is 11.7 Å². The van der Waals surface area contributed by atoms with E-state index in [1.807, 2.05) is 11.0 Å². The van der Waals surface area contributed by atoms with Gasteiger partial charge in [-0.3, -0.25) is 9.59 Å². The highest BCUT2D eigenvalue weighted by atomic mass is 16.3. The van der Waals surface area contributed by atoms with E-state index in [9.17, 15) is 14.7 Å². The van der Waals surface area contributed by atoms with Gasteiger partial charge in [0, 0.05) is 62.8 Å². The van der Waals surface area contributed by atoms with E-state index in [0.717, 1.165) is 49.6 Å². The molecule has 10 heteroatoms. The second-order valence-electron chi connectivity index (χ2n) is 10.9. The van der Waals surface area contributed by atoms with Crippen molar-refractivity contribution >= 4 is 34.6 Å². The molecule has 3 aromatic heterocycles. The summed E-state index contributed by atoms with van der Waals surface area (Å²) in [4.78, 5) is 43.0. The van der Waals surface area contributed by atoms with E-state index in [2.05, 4.69) is 19.9 Å². The fourth-order valence-electron chi connectivity index (χ4n) is 6.25. The van der Waals surface area contributed by atoms with E-state index >= 15 is 0 Å². The van der Waals surface area contributed by atoms with Crippen LogP contribution in [-0.4, -0.2) is 79.5 Å². The zero-order chi connectivity index (χ0) is 25.7. The van der Waals surface area contributed by atoms with E-state index in [1.165, 1.54) is 0 Å². The van der Waals surface area contributed by atoms with Gasteiger partial charge in [0.1, 0.15) is 17.2 Å². The maximum atomic E-state index is 13.0. The zero-order valence-electron chi connectivity index (χ0n) is 21.3. The minimum Gasteiger partial charge on any atom is -0.392 e. The number of piperidine rings is 1. The van der Waals surface area contributed by atoms with E-state index < -0.39 is 0 Å². The SMILES string of the molecule is CN(C)C(=O)c1cc2cnc(Nc3ccc(C(=O)N4C[C@H]5CC[C@@H](C4)[C@@H]5O)cn3)nc2n1C1CCCC1. The number of anilines is 2. The molecule has 3 aromatic rings. The summed E-state index contributed by atoms with van der Waals surface area (Å²) in [5.74, 6) is 1.20. The summed E-state index contributed by atoms with van der Waals surface area (Å²) in [6.45, 7) is 1.20. The lowest BCUT2D eigenvalue weighted by Crippen LogP contribution is -2.47. The van der Waals surface area contributed by atoms with Gasteiger partial charge in [0.15, 0.2) is 0 Å². The number of amides is 2. The number of hydrogen-bond acceptors (Lipinski definition) is 7. The predicted molar refractivity (Wildman–Crippen MR) is 139 cm³/mol. The number of carbonyl (C=O) groups is 2. The number of aliphatic hydroxyl groups is 1. The Kier molecular flexibility index (Phi) is 6.06. The highest BCUT2D eigenvalue weighted by Gasteiger charge is 2.42. The third-order valence-corrected chi connectivity index (χ3v) is 8.21. The molecule has 4 heterocycles. The Morgan fingerprint density at radius 2 is 1.76 bits per heavy atom.